The Morgan fingerprint density at radius 2 is 1.83 bits per heavy atom. The second-order valence-corrected chi connectivity index (χ2v) is 6.71. The van der Waals surface area contributed by atoms with Crippen LogP contribution in [-0.4, -0.2) is 70.1 Å². The Labute approximate surface area is 172 Å². The van der Waals surface area contributed by atoms with Gasteiger partial charge in [-0.05, 0) is 18.6 Å². The SMILES string of the molecule is COC(=O)/C=C1/SCC(=O)N1CCCOC(=O)c1ccc(OC)c(OC)c1OC. The Bertz CT molecular complexity index is 808. The minimum atomic E-state index is -0.588. The predicted octanol–water partition coefficient (Wildman–Crippen LogP) is 1.85. The average Bonchev–Trinajstić information content (AvgIpc) is 3.08. The van der Waals surface area contributed by atoms with E-state index in [2.05, 4.69) is 4.74 Å². The van der Waals surface area contributed by atoms with E-state index in [4.69, 9.17) is 18.9 Å². The molecule has 158 valence electrons. The third-order valence-electron chi connectivity index (χ3n) is 4.04. The van der Waals surface area contributed by atoms with Crippen LogP contribution in [0.25, 0.3) is 0 Å². The zero-order valence-corrected chi connectivity index (χ0v) is 17.5. The molecule has 0 bridgehead atoms. The molecule has 0 aromatic heterocycles. The van der Waals surface area contributed by atoms with Crippen molar-refractivity contribution in [2.45, 2.75) is 6.42 Å². The maximum absolute atomic E-state index is 12.4. The Kier molecular flexibility index (Phi) is 8.20. The van der Waals surface area contributed by atoms with Crippen LogP contribution in [0.1, 0.15) is 16.8 Å². The fourth-order valence-corrected chi connectivity index (χ4v) is 3.61. The van der Waals surface area contributed by atoms with Gasteiger partial charge in [0.05, 0.1) is 51.9 Å². The minimum absolute atomic E-state index is 0.0796. The lowest BCUT2D eigenvalue weighted by molar-refractivity contribution is -0.134. The summed E-state index contributed by atoms with van der Waals surface area (Å²) in [4.78, 5) is 37.3. The van der Waals surface area contributed by atoms with E-state index in [9.17, 15) is 14.4 Å². The molecule has 0 saturated carbocycles. The van der Waals surface area contributed by atoms with Crippen molar-refractivity contribution in [3.05, 3.63) is 28.8 Å². The van der Waals surface area contributed by atoms with Gasteiger partial charge < -0.3 is 28.6 Å². The number of ether oxygens (including phenoxy) is 5. The van der Waals surface area contributed by atoms with Crippen LogP contribution in [-0.2, 0) is 19.1 Å². The number of amides is 1. The van der Waals surface area contributed by atoms with E-state index in [1.807, 2.05) is 0 Å². The van der Waals surface area contributed by atoms with E-state index >= 15 is 0 Å². The van der Waals surface area contributed by atoms with Crippen LogP contribution in [0.4, 0.5) is 0 Å². The highest BCUT2D eigenvalue weighted by atomic mass is 32.2. The van der Waals surface area contributed by atoms with E-state index < -0.39 is 11.9 Å². The average molecular weight is 425 g/mol. The van der Waals surface area contributed by atoms with Crippen molar-refractivity contribution in [2.75, 3.05) is 47.3 Å². The molecule has 0 radical (unpaired) electrons. The van der Waals surface area contributed by atoms with Crippen LogP contribution < -0.4 is 14.2 Å². The Balaban J connectivity index is 1.97. The van der Waals surface area contributed by atoms with Crippen molar-refractivity contribution in [1.29, 1.82) is 0 Å². The molecule has 1 aliphatic heterocycles. The van der Waals surface area contributed by atoms with Crippen LogP contribution in [0.15, 0.2) is 23.2 Å². The number of hydrogen-bond donors (Lipinski definition) is 0. The summed E-state index contributed by atoms with van der Waals surface area (Å²) in [5, 5.41) is 0.523. The molecule has 1 aromatic carbocycles. The number of carbonyl (C=O) groups is 3. The molecule has 1 fully saturated rings. The number of methoxy groups -OCH3 is 4. The molecule has 1 aliphatic rings. The van der Waals surface area contributed by atoms with Crippen molar-refractivity contribution in [3.8, 4) is 17.2 Å². The van der Waals surface area contributed by atoms with Crippen molar-refractivity contribution in [3.63, 3.8) is 0 Å². The van der Waals surface area contributed by atoms with Gasteiger partial charge in [-0.25, -0.2) is 9.59 Å². The lowest BCUT2D eigenvalue weighted by Gasteiger charge is -2.17. The maximum atomic E-state index is 12.4. The van der Waals surface area contributed by atoms with Crippen molar-refractivity contribution in [2.24, 2.45) is 0 Å². The van der Waals surface area contributed by atoms with E-state index in [0.717, 1.165) is 0 Å². The van der Waals surface area contributed by atoms with Gasteiger partial charge in [0.2, 0.25) is 11.7 Å². The number of esters is 2. The summed E-state index contributed by atoms with van der Waals surface area (Å²) in [6.45, 7) is 0.390. The largest absolute Gasteiger partial charge is 0.493 e. The van der Waals surface area contributed by atoms with Crippen LogP contribution in [0.3, 0.4) is 0 Å². The van der Waals surface area contributed by atoms with Gasteiger partial charge in [0.15, 0.2) is 11.5 Å². The number of thioether (sulfide) groups is 1. The van der Waals surface area contributed by atoms with Crippen molar-refractivity contribution >= 4 is 29.6 Å². The molecule has 29 heavy (non-hydrogen) atoms. The van der Waals surface area contributed by atoms with E-state index in [1.165, 1.54) is 57.2 Å². The fraction of sp³-hybridized carbons (Fsp3) is 0.421. The molecular weight excluding hydrogens is 402 g/mol. The number of hydrogen-bond acceptors (Lipinski definition) is 9. The van der Waals surface area contributed by atoms with Gasteiger partial charge in [-0.1, -0.05) is 11.8 Å². The number of benzene rings is 1. The zero-order chi connectivity index (χ0) is 21.4. The monoisotopic (exact) mass is 425 g/mol. The van der Waals surface area contributed by atoms with Crippen LogP contribution in [0, 0.1) is 0 Å². The van der Waals surface area contributed by atoms with Gasteiger partial charge in [0.1, 0.15) is 5.56 Å². The van der Waals surface area contributed by atoms with Gasteiger partial charge >= 0.3 is 11.9 Å². The lowest BCUT2D eigenvalue weighted by atomic mass is 10.1. The lowest BCUT2D eigenvalue weighted by Crippen LogP contribution is -2.27. The molecule has 2 rings (SSSR count). The van der Waals surface area contributed by atoms with Crippen molar-refractivity contribution < 1.29 is 38.1 Å². The number of rotatable bonds is 9. The second-order valence-electron chi connectivity index (χ2n) is 5.71. The summed E-state index contributed by atoms with van der Waals surface area (Å²) in [6, 6.07) is 3.11. The Morgan fingerprint density at radius 1 is 1.10 bits per heavy atom. The van der Waals surface area contributed by atoms with E-state index in [1.54, 1.807) is 6.07 Å². The third-order valence-corrected chi connectivity index (χ3v) is 5.06. The highest BCUT2D eigenvalue weighted by Gasteiger charge is 2.27. The molecule has 9 nitrogen and oxygen atoms in total. The minimum Gasteiger partial charge on any atom is -0.493 e. The second kappa shape index (κ2) is 10.6. The van der Waals surface area contributed by atoms with Gasteiger partial charge in [-0.2, -0.15) is 0 Å². The molecule has 0 N–H and O–H groups in total. The van der Waals surface area contributed by atoms with Crippen LogP contribution in [0.2, 0.25) is 0 Å². The summed E-state index contributed by atoms with van der Waals surface area (Å²) in [5.41, 5.74) is 0.198. The first kappa shape index (κ1) is 22.4. The molecule has 0 atom stereocenters. The summed E-state index contributed by atoms with van der Waals surface area (Å²) in [5.74, 6) is -0.0396. The molecule has 0 unspecified atom stereocenters. The normalized spacial score (nSPS) is 14.7. The summed E-state index contributed by atoms with van der Waals surface area (Å²) in [6.07, 6.45) is 1.67. The fourth-order valence-electron chi connectivity index (χ4n) is 2.66. The summed E-state index contributed by atoms with van der Waals surface area (Å²) in [7, 11) is 5.61. The van der Waals surface area contributed by atoms with Gasteiger partial charge in [0, 0.05) is 6.54 Å². The van der Waals surface area contributed by atoms with Gasteiger partial charge in [-0.15, -0.1) is 0 Å². The summed E-state index contributed by atoms with van der Waals surface area (Å²) >= 11 is 1.26. The first-order chi connectivity index (χ1) is 14.0. The molecule has 10 heteroatoms. The topological polar surface area (TPSA) is 101 Å². The van der Waals surface area contributed by atoms with Crippen LogP contribution in [0.5, 0.6) is 17.2 Å². The van der Waals surface area contributed by atoms with Crippen LogP contribution >= 0.6 is 11.8 Å². The standard InChI is InChI=1S/C19H23NO8S/c1-24-13-7-6-12(17(26-3)18(13)27-4)19(23)28-9-5-8-20-14(21)11-29-15(20)10-16(22)25-2/h6-7,10H,5,8-9,11H2,1-4H3/b15-10+. The first-order valence-corrected chi connectivity index (χ1v) is 9.64. The highest BCUT2D eigenvalue weighted by Crippen LogP contribution is 2.40. The smallest absolute Gasteiger partial charge is 0.342 e. The zero-order valence-electron chi connectivity index (χ0n) is 16.7. The molecule has 0 aliphatic carbocycles. The maximum Gasteiger partial charge on any atom is 0.342 e. The number of nitrogens with zero attached hydrogens (tertiary/aromatic N) is 1. The molecule has 1 amide bonds. The van der Waals surface area contributed by atoms with E-state index in [0.29, 0.717) is 29.5 Å². The summed E-state index contributed by atoms with van der Waals surface area (Å²) < 4.78 is 25.6. The molecule has 1 aromatic rings. The third kappa shape index (κ3) is 5.35. The Morgan fingerprint density at radius 3 is 2.45 bits per heavy atom. The first-order valence-electron chi connectivity index (χ1n) is 8.65. The van der Waals surface area contributed by atoms with Crippen molar-refractivity contribution in [1.82, 2.24) is 4.90 Å². The van der Waals surface area contributed by atoms with Gasteiger partial charge in [0.25, 0.3) is 0 Å². The quantitative estimate of drug-likeness (QED) is 0.333. The molecule has 0 spiro atoms. The van der Waals surface area contributed by atoms with E-state index in [-0.39, 0.29) is 29.6 Å². The molecular formula is C19H23NO8S. The molecule has 1 saturated heterocycles. The number of carbonyl (C=O) groups excluding carboxylic acids is 3. The molecule has 1 heterocycles. The predicted molar refractivity (Wildman–Crippen MR) is 105 cm³/mol. The Hall–Kier alpha value is -2.88. The van der Waals surface area contributed by atoms with Gasteiger partial charge in [-0.3, -0.25) is 4.79 Å². The highest BCUT2D eigenvalue weighted by molar-refractivity contribution is 8.04.